The van der Waals surface area contributed by atoms with Gasteiger partial charge in [0.15, 0.2) is 5.13 Å². The molecule has 1 unspecified atom stereocenters. The van der Waals surface area contributed by atoms with Gasteiger partial charge in [-0.2, -0.15) is 0 Å². The predicted octanol–water partition coefficient (Wildman–Crippen LogP) is 2.06. The number of nitrogens with zero attached hydrogens (tertiary/aromatic N) is 2. The minimum absolute atomic E-state index is 0.0286. The molecular formula is C19H18N4O5S. The maximum absolute atomic E-state index is 12.3. The Morgan fingerprint density at radius 3 is 2.72 bits per heavy atom. The normalized spacial score (nSPS) is 15.1. The number of aromatic nitrogens is 1. The zero-order valence-corrected chi connectivity index (χ0v) is 16.5. The molecule has 0 saturated heterocycles. The number of hydrogen-bond donors (Lipinski definition) is 2. The third-order valence-corrected chi connectivity index (χ3v) is 4.72. The maximum Gasteiger partial charge on any atom is 0.269 e. The number of carbonyl (C=O) groups excluding carboxylic acids is 3. The molecule has 0 saturated carbocycles. The summed E-state index contributed by atoms with van der Waals surface area (Å²) in [6.45, 7) is 0. The molecule has 0 fully saturated rings. The Morgan fingerprint density at radius 2 is 2.03 bits per heavy atom. The second-order valence-corrected chi connectivity index (χ2v) is 6.78. The first-order chi connectivity index (χ1) is 14.0. The van der Waals surface area contributed by atoms with Crippen LogP contribution in [-0.4, -0.2) is 43.1 Å². The van der Waals surface area contributed by atoms with Gasteiger partial charge in [0, 0.05) is 23.7 Å². The number of ether oxygens (including phenoxy) is 2. The molecule has 9 nitrogen and oxygen atoms in total. The van der Waals surface area contributed by atoms with E-state index in [9.17, 15) is 14.4 Å². The van der Waals surface area contributed by atoms with E-state index in [2.05, 4.69) is 20.6 Å². The van der Waals surface area contributed by atoms with Crippen molar-refractivity contribution < 1.29 is 23.9 Å². The highest BCUT2D eigenvalue weighted by atomic mass is 32.1. The van der Waals surface area contributed by atoms with Crippen LogP contribution in [0.3, 0.4) is 0 Å². The highest BCUT2D eigenvalue weighted by molar-refractivity contribution is 7.14. The zero-order chi connectivity index (χ0) is 20.8. The van der Waals surface area contributed by atoms with Crippen LogP contribution in [0.1, 0.15) is 5.69 Å². The summed E-state index contributed by atoms with van der Waals surface area (Å²) in [4.78, 5) is 43.4. The van der Waals surface area contributed by atoms with E-state index < -0.39 is 11.8 Å². The predicted molar refractivity (Wildman–Crippen MR) is 109 cm³/mol. The molecule has 150 valence electrons. The second kappa shape index (κ2) is 9.11. The van der Waals surface area contributed by atoms with Gasteiger partial charge in [-0.25, -0.2) is 9.98 Å². The van der Waals surface area contributed by atoms with Gasteiger partial charge in [-0.3, -0.25) is 14.4 Å². The third kappa shape index (κ3) is 5.26. The number of nitrogens with one attached hydrogen (secondary N) is 2. The number of carbonyl (C=O) groups is 3. The van der Waals surface area contributed by atoms with Crippen LogP contribution in [0.4, 0.5) is 10.8 Å². The molecule has 0 aliphatic carbocycles. The lowest BCUT2D eigenvalue weighted by Gasteiger charge is -2.11. The summed E-state index contributed by atoms with van der Waals surface area (Å²) >= 11 is 1.20. The third-order valence-electron chi connectivity index (χ3n) is 3.92. The van der Waals surface area contributed by atoms with Gasteiger partial charge in [-0.15, -0.1) is 11.3 Å². The van der Waals surface area contributed by atoms with E-state index >= 15 is 0 Å². The molecule has 1 aliphatic heterocycles. The van der Waals surface area contributed by atoms with E-state index in [-0.39, 0.29) is 18.2 Å². The van der Waals surface area contributed by atoms with Gasteiger partial charge < -0.3 is 20.1 Å². The van der Waals surface area contributed by atoms with Gasteiger partial charge >= 0.3 is 0 Å². The molecule has 1 aliphatic rings. The zero-order valence-electron chi connectivity index (χ0n) is 15.7. The summed E-state index contributed by atoms with van der Waals surface area (Å²) in [5.41, 5.74) is 1.03. The first-order valence-electron chi connectivity index (χ1n) is 8.52. The van der Waals surface area contributed by atoms with Crippen LogP contribution in [0, 0.1) is 5.92 Å². The quantitative estimate of drug-likeness (QED) is 0.716. The number of dihydropyridines is 1. The Labute approximate surface area is 170 Å². The Balaban J connectivity index is 1.58. The number of amides is 3. The van der Waals surface area contributed by atoms with E-state index in [4.69, 9.17) is 9.47 Å². The Bertz CT molecular complexity index is 982. The van der Waals surface area contributed by atoms with Gasteiger partial charge in [0.2, 0.25) is 11.8 Å². The van der Waals surface area contributed by atoms with E-state index in [1.54, 1.807) is 30.7 Å². The van der Waals surface area contributed by atoms with E-state index in [1.807, 2.05) is 0 Å². The van der Waals surface area contributed by atoms with Crippen molar-refractivity contribution >= 4 is 46.1 Å². The van der Waals surface area contributed by atoms with Crippen molar-refractivity contribution in [3.05, 3.63) is 41.4 Å². The fourth-order valence-corrected chi connectivity index (χ4v) is 3.20. The van der Waals surface area contributed by atoms with Crippen molar-refractivity contribution in [2.75, 3.05) is 24.9 Å². The highest BCUT2D eigenvalue weighted by Crippen LogP contribution is 2.29. The number of benzene rings is 1. The van der Waals surface area contributed by atoms with Gasteiger partial charge in [0.05, 0.1) is 37.9 Å². The molecular weight excluding hydrogens is 396 g/mol. The summed E-state index contributed by atoms with van der Waals surface area (Å²) in [6, 6.07) is 5.07. The molecule has 1 aromatic carbocycles. The van der Waals surface area contributed by atoms with E-state index in [0.29, 0.717) is 28.0 Å². The van der Waals surface area contributed by atoms with Crippen molar-refractivity contribution in [1.82, 2.24) is 4.98 Å². The van der Waals surface area contributed by atoms with Gasteiger partial charge in [0.1, 0.15) is 11.5 Å². The van der Waals surface area contributed by atoms with Crippen LogP contribution in [0.2, 0.25) is 0 Å². The van der Waals surface area contributed by atoms with Gasteiger partial charge in [-0.1, -0.05) is 6.08 Å². The fraction of sp³-hybridized carbons (Fsp3) is 0.211. The Morgan fingerprint density at radius 1 is 1.21 bits per heavy atom. The number of anilines is 2. The first-order valence-corrected chi connectivity index (χ1v) is 9.40. The van der Waals surface area contributed by atoms with Gasteiger partial charge in [-0.05, 0) is 12.1 Å². The standard InChI is InChI=1S/C19H18N4O5S/c1-27-13-4-5-14(15(8-13)28-2)22-17(25)7-12-10-29-19(21-12)23-18(26)11-3-6-16(24)20-9-11/h3-6,8-11H,7H2,1-2H3,(H,22,25)(H,21,23,26). The van der Waals surface area contributed by atoms with Crippen LogP contribution in [-0.2, 0) is 20.8 Å². The molecule has 0 bridgehead atoms. The Kier molecular flexibility index (Phi) is 6.35. The maximum atomic E-state index is 12.3. The van der Waals surface area contributed by atoms with Crippen LogP contribution >= 0.6 is 11.3 Å². The molecule has 3 rings (SSSR count). The molecule has 29 heavy (non-hydrogen) atoms. The topological polar surface area (TPSA) is 119 Å². The highest BCUT2D eigenvalue weighted by Gasteiger charge is 2.18. The molecule has 1 aromatic heterocycles. The average Bonchev–Trinajstić information content (AvgIpc) is 3.15. The summed E-state index contributed by atoms with van der Waals surface area (Å²) in [5.74, 6) is -0.578. The molecule has 0 spiro atoms. The van der Waals surface area contributed by atoms with Crippen LogP contribution < -0.4 is 20.1 Å². The van der Waals surface area contributed by atoms with Gasteiger partial charge in [0.25, 0.3) is 5.91 Å². The summed E-state index contributed by atoms with van der Waals surface area (Å²) in [7, 11) is 3.05. The average molecular weight is 414 g/mol. The van der Waals surface area contributed by atoms with E-state index in [1.165, 1.54) is 36.8 Å². The summed E-state index contributed by atoms with van der Waals surface area (Å²) < 4.78 is 10.4. The minimum Gasteiger partial charge on any atom is -0.497 e. The molecule has 10 heteroatoms. The van der Waals surface area contributed by atoms with Crippen molar-refractivity contribution in [1.29, 1.82) is 0 Å². The first kappa shape index (κ1) is 20.2. The van der Waals surface area contributed by atoms with Crippen LogP contribution in [0.15, 0.2) is 40.7 Å². The molecule has 2 N–H and O–H groups in total. The van der Waals surface area contributed by atoms with Crippen molar-refractivity contribution in [3.63, 3.8) is 0 Å². The molecule has 2 heterocycles. The number of methoxy groups -OCH3 is 2. The van der Waals surface area contributed by atoms with Crippen LogP contribution in [0.5, 0.6) is 11.5 Å². The smallest absolute Gasteiger partial charge is 0.269 e. The number of aliphatic imine (C=N–C) groups is 1. The van der Waals surface area contributed by atoms with Crippen molar-refractivity contribution in [2.45, 2.75) is 6.42 Å². The number of thiazole rings is 1. The fourth-order valence-electron chi connectivity index (χ4n) is 2.48. The lowest BCUT2D eigenvalue weighted by Crippen LogP contribution is -2.24. The SMILES string of the molecule is COc1ccc(NC(=O)Cc2csc(NC(=O)C3C=CC(=O)N=C3)n2)c(OC)c1. The monoisotopic (exact) mass is 414 g/mol. The molecule has 2 aromatic rings. The van der Waals surface area contributed by atoms with E-state index in [0.717, 1.165) is 0 Å². The second-order valence-electron chi connectivity index (χ2n) is 5.93. The number of rotatable bonds is 7. The van der Waals surface area contributed by atoms with Crippen molar-refractivity contribution in [2.24, 2.45) is 10.9 Å². The largest absolute Gasteiger partial charge is 0.497 e. The molecule has 1 atom stereocenters. The Hall–Kier alpha value is -3.53. The molecule has 0 radical (unpaired) electrons. The number of hydrogen-bond acceptors (Lipinski definition) is 7. The minimum atomic E-state index is -0.633. The molecule has 3 amide bonds. The lowest BCUT2D eigenvalue weighted by atomic mass is 10.1. The summed E-state index contributed by atoms with van der Waals surface area (Å²) in [5, 5.41) is 7.47. The van der Waals surface area contributed by atoms with Crippen molar-refractivity contribution in [3.8, 4) is 11.5 Å². The lowest BCUT2D eigenvalue weighted by molar-refractivity contribution is -0.117. The summed E-state index contributed by atoms with van der Waals surface area (Å²) in [6.07, 6.45) is 4.02. The van der Waals surface area contributed by atoms with Crippen LogP contribution in [0.25, 0.3) is 0 Å².